The van der Waals surface area contributed by atoms with Crippen LogP contribution in [0.3, 0.4) is 0 Å². The Bertz CT molecular complexity index is 186. The van der Waals surface area contributed by atoms with E-state index in [-0.39, 0.29) is 18.1 Å². The van der Waals surface area contributed by atoms with Crippen molar-refractivity contribution in [1.82, 2.24) is 10.6 Å². The molecule has 0 bridgehead atoms. The van der Waals surface area contributed by atoms with Crippen molar-refractivity contribution in [2.45, 2.75) is 31.4 Å². The lowest BCUT2D eigenvalue weighted by molar-refractivity contribution is -0.125. The molecule has 2 atom stereocenters. The van der Waals surface area contributed by atoms with E-state index in [0.29, 0.717) is 6.54 Å². The summed E-state index contributed by atoms with van der Waals surface area (Å²) in [5, 5.41) is 5.97. The van der Waals surface area contributed by atoms with E-state index in [1.165, 1.54) is 0 Å². The van der Waals surface area contributed by atoms with Crippen LogP contribution >= 0.6 is 0 Å². The number of rotatable bonds is 3. The molecule has 2 saturated heterocycles. The fourth-order valence-electron chi connectivity index (χ4n) is 1.66. The van der Waals surface area contributed by atoms with Crippen LogP contribution in [0.25, 0.3) is 0 Å². The predicted octanol–water partition coefficient (Wildman–Crippen LogP) is -0.357. The SMILES string of the molecule is O=C(NCC1CCCO1)C1CCN1. The van der Waals surface area contributed by atoms with Gasteiger partial charge >= 0.3 is 0 Å². The molecule has 4 nitrogen and oxygen atoms in total. The van der Waals surface area contributed by atoms with Gasteiger partial charge in [0.1, 0.15) is 0 Å². The van der Waals surface area contributed by atoms with Crippen LogP contribution in [0.2, 0.25) is 0 Å². The highest BCUT2D eigenvalue weighted by molar-refractivity contribution is 5.82. The Balaban J connectivity index is 1.63. The zero-order chi connectivity index (χ0) is 9.10. The van der Waals surface area contributed by atoms with E-state index in [4.69, 9.17) is 4.74 Å². The molecule has 13 heavy (non-hydrogen) atoms. The first-order chi connectivity index (χ1) is 6.36. The second kappa shape index (κ2) is 4.07. The number of carbonyl (C=O) groups is 1. The van der Waals surface area contributed by atoms with E-state index in [1.54, 1.807) is 0 Å². The standard InChI is InChI=1S/C9H16N2O2/c12-9(8-3-4-10-8)11-6-7-2-1-5-13-7/h7-8,10H,1-6H2,(H,11,12). The van der Waals surface area contributed by atoms with E-state index in [0.717, 1.165) is 32.4 Å². The van der Waals surface area contributed by atoms with Crippen molar-refractivity contribution in [2.75, 3.05) is 19.7 Å². The number of nitrogens with one attached hydrogen (secondary N) is 2. The average molecular weight is 184 g/mol. The smallest absolute Gasteiger partial charge is 0.237 e. The molecule has 1 amide bonds. The zero-order valence-corrected chi connectivity index (χ0v) is 7.71. The maximum atomic E-state index is 11.4. The third-order valence-corrected chi connectivity index (χ3v) is 2.67. The first-order valence-electron chi connectivity index (χ1n) is 4.99. The van der Waals surface area contributed by atoms with Crippen LogP contribution < -0.4 is 10.6 Å². The topological polar surface area (TPSA) is 50.4 Å². The molecule has 0 saturated carbocycles. The summed E-state index contributed by atoms with van der Waals surface area (Å²) in [4.78, 5) is 11.4. The Morgan fingerprint density at radius 3 is 2.92 bits per heavy atom. The fraction of sp³-hybridized carbons (Fsp3) is 0.889. The van der Waals surface area contributed by atoms with E-state index in [1.807, 2.05) is 0 Å². The molecule has 2 N–H and O–H groups in total. The van der Waals surface area contributed by atoms with Crippen LogP contribution in [0.4, 0.5) is 0 Å². The molecule has 0 aromatic carbocycles. The molecule has 4 heteroatoms. The Kier molecular flexibility index (Phi) is 2.80. The second-order valence-corrected chi connectivity index (χ2v) is 3.68. The quantitative estimate of drug-likeness (QED) is 0.630. The number of hydrogen-bond donors (Lipinski definition) is 2. The highest BCUT2D eigenvalue weighted by Gasteiger charge is 2.25. The van der Waals surface area contributed by atoms with Gasteiger partial charge in [0, 0.05) is 13.2 Å². The Hall–Kier alpha value is -0.610. The van der Waals surface area contributed by atoms with Crippen LogP contribution in [0, 0.1) is 0 Å². The zero-order valence-electron chi connectivity index (χ0n) is 7.71. The summed E-state index contributed by atoms with van der Waals surface area (Å²) in [6.45, 7) is 2.50. The summed E-state index contributed by atoms with van der Waals surface area (Å²) in [6, 6.07) is 0.0569. The van der Waals surface area contributed by atoms with Crippen LogP contribution in [-0.2, 0) is 9.53 Å². The van der Waals surface area contributed by atoms with Crippen LogP contribution in [0.5, 0.6) is 0 Å². The normalized spacial score (nSPS) is 32.6. The predicted molar refractivity (Wildman–Crippen MR) is 48.4 cm³/mol. The van der Waals surface area contributed by atoms with Gasteiger partial charge in [-0.1, -0.05) is 0 Å². The van der Waals surface area contributed by atoms with Crippen molar-refractivity contribution in [3.8, 4) is 0 Å². The fourth-order valence-corrected chi connectivity index (χ4v) is 1.66. The minimum atomic E-state index is 0.0569. The summed E-state index contributed by atoms with van der Waals surface area (Å²) < 4.78 is 5.40. The molecule has 2 rings (SSSR count). The summed E-state index contributed by atoms with van der Waals surface area (Å²) >= 11 is 0. The molecule has 0 radical (unpaired) electrons. The molecule has 0 spiro atoms. The molecular weight excluding hydrogens is 168 g/mol. The molecule has 74 valence electrons. The lowest BCUT2D eigenvalue weighted by atomic mass is 10.1. The monoisotopic (exact) mass is 184 g/mol. The number of ether oxygens (including phenoxy) is 1. The molecular formula is C9H16N2O2. The van der Waals surface area contributed by atoms with Gasteiger partial charge in [0.15, 0.2) is 0 Å². The summed E-state index contributed by atoms with van der Waals surface area (Å²) in [5.41, 5.74) is 0. The van der Waals surface area contributed by atoms with Crippen molar-refractivity contribution < 1.29 is 9.53 Å². The summed E-state index contributed by atoms with van der Waals surface area (Å²) in [7, 11) is 0. The van der Waals surface area contributed by atoms with Gasteiger partial charge in [0.05, 0.1) is 12.1 Å². The Labute approximate surface area is 78.0 Å². The first-order valence-corrected chi connectivity index (χ1v) is 4.99. The minimum absolute atomic E-state index is 0.0569. The molecule has 2 aliphatic heterocycles. The van der Waals surface area contributed by atoms with Gasteiger partial charge in [-0.3, -0.25) is 4.79 Å². The van der Waals surface area contributed by atoms with Gasteiger partial charge in [-0.05, 0) is 25.8 Å². The highest BCUT2D eigenvalue weighted by atomic mass is 16.5. The van der Waals surface area contributed by atoms with Gasteiger partial charge < -0.3 is 15.4 Å². The first kappa shape index (κ1) is 8.97. The number of carbonyl (C=O) groups excluding carboxylic acids is 1. The third kappa shape index (κ3) is 2.19. The molecule has 2 aliphatic rings. The molecule has 2 unspecified atom stereocenters. The van der Waals surface area contributed by atoms with Crippen LogP contribution in [0.1, 0.15) is 19.3 Å². The molecule has 0 aliphatic carbocycles. The summed E-state index contributed by atoms with van der Waals surface area (Å²) in [6.07, 6.45) is 3.43. The lowest BCUT2D eigenvalue weighted by Crippen LogP contribution is -2.54. The van der Waals surface area contributed by atoms with Crippen molar-refractivity contribution in [3.05, 3.63) is 0 Å². The van der Waals surface area contributed by atoms with Crippen LogP contribution in [-0.4, -0.2) is 37.7 Å². The van der Waals surface area contributed by atoms with Crippen molar-refractivity contribution in [3.63, 3.8) is 0 Å². The van der Waals surface area contributed by atoms with Gasteiger partial charge in [-0.25, -0.2) is 0 Å². The van der Waals surface area contributed by atoms with Crippen molar-refractivity contribution in [1.29, 1.82) is 0 Å². The van der Waals surface area contributed by atoms with E-state index >= 15 is 0 Å². The average Bonchev–Trinajstić information content (AvgIpc) is 2.49. The second-order valence-electron chi connectivity index (χ2n) is 3.68. The van der Waals surface area contributed by atoms with Crippen molar-refractivity contribution >= 4 is 5.91 Å². The molecule has 2 fully saturated rings. The van der Waals surface area contributed by atoms with Gasteiger partial charge in [-0.2, -0.15) is 0 Å². The summed E-state index contributed by atoms with van der Waals surface area (Å²) in [5.74, 6) is 0.127. The molecule has 2 heterocycles. The molecule has 0 aromatic rings. The number of amides is 1. The number of hydrogen-bond acceptors (Lipinski definition) is 3. The Morgan fingerprint density at radius 1 is 1.54 bits per heavy atom. The van der Waals surface area contributed by atoms with E-state index < -0.39 is 0 Å². The minimum Gasteiger partial charge on any atom is -0.376 e. The van der Waals surface area contributed by atoms with Gasteiger partial charge in [-0.15, -0.1) is 0 Å². The third-order valence-electron chi connectivity index (χ3n) is 2.67. The van der Waals surface area contributed by atoms with E-state index in [2.05, 4.69) is 10.6 Å². The maximum absolute atomic E-state index is 11.4. The van der Waals surface area contributed by atoms with Gasteiger partial charge in [0.2, 0.25) is 5.91 Å². The highest BCUT2D eigenvalue weighted by Crippen LogP contribution is 2.10. The maximum Gasteiger partial charge on any atom is 0.237 e. The lowest BCUT2D eigenvalue weighted by Gasteiger charge is -2.26. The largest absolute Gasteiger partial charge is 0.376 e. The Morgan fingerprint density at radius 2 is 2.38 bits per heavy atom. The van der Waals surface area contributed by atoms with E-state index in [9.17, 15) is 4.79 Å². The molecule has 0 aromatic heterocycles. The van der Waals surface area contributed by atoms with Crippen molar-refractivity contribution in [2.24, 2.45) is 0 Å². The van der Waals surface area contributed by atoms with Gasteiger partial charge in [0.25, 0.3) is 0 Å². The van der Waals surface area contributed by atoms with Crippen LogP contribution in [0.15, 0.2) is 0 Å².